The van der Waals surface area contributed by atoms with Gasteiger partial charge in [0.05, 0.1) is 10.9 Å². The van der Waals surface area contributed by atoms with Gasteiger partial charge in [0.1, 0.15) is 0 Å². The molecule has 0 bridgehead atoms. The van der Waals surface area contributed by atoms with E-state index in [0.29, 0.717) is 15.0 Å². The van der Waals surface area contributed by atoms with E-state index in [-0.39, 0.29) is 11.2 Å². The lowest BCUT2D eigenvalue weighted by atomic mass is 10.2. The number of halogens is 1. The summed E-state index contributed by atoms with van der Waals surface area (Å²) in [5, 5.41) is 8.15. The van der Waals surface area contributed by atoms with Gasteiger partial charge in [0, 0.05) is 11.1 Å². The second-order valence-electron chi connectivity index (χ2n) is 5.77. The first-order chi connectivity index (χ1) is 11.5. The van der Waals surface area contributed by atoms with Gasteiger partial charge in [-0.2, -0.15) is 0 Å². The largest absolute Gasteiger partial charge is 0.352 e. The maximum Gasteiger partial charge on any atom is 0.233 e. The molecule has 1 amide bonds. The predicted octanol–water partition coefficient (Wildman–Crippen LogP) is 4.86. The first-order valence-electron chi connectivity index (χ1n) is 7.86. The summed E-state index contributed by atoms with van der Waals surface area (Å²) in [6, 6.07) is 7.71. The monoisotopic (exact) mass is 399 g/mol. The molecular formula is C16H18ClN3OS3. The molecule has 128 valence electrons. The fourth-order valence-electron chi connectivity index (χ4n) is 2.65. The Morgan fingerprint density at radius 3 is 2.75 bits per heavy atom. The number of benzene rings is 1. The summed E-state index contributed by atoms with van der Waals surface area (Å²) >= 11 is 14.2. The fraction of sp³-hybridized carbons (Fsp3) is 0.438. The first-order valence-corrected chi connectivity index (χ1v) is 10.3. The summed E-state index contributed by atoms with van der Waals surface area (Å²) in [5.74, 6) is 0.0751. The van der Waals surface area contributed by atoms with Gasteiger partial charge in [0.2, 0.25) is 5.91 Å². The van der Waals surface area contributed by atoms with E-state index in [1.165, 1.54) is 35.9 Å². The van der Waals surface area contributed by atoms with Crippen LogP contribution in [0.25, 0.3) is 5.69 Å². The molecule has 1 N–H and O–H groups in total. The highest BCUT2D eigenvalue weighted by Gasteiger charge is 2.22. The lowest BCUT2D eigenvalue weighted by molar-refractivity contribution is -0.120. The third kappa shape index (κ3) is 4.39. The highest BCUT2D eigenvalue weighted by Crippen LogP contribution is 2.28. The summed E-state index contributed by atoms with van der Waals surface area (Å²) in [7, 11) is 0. The van der Waals surface area contributed by atoms with Gasteiger partial charge in [-0.3, -0.25) is 4.79 Å². The van der Waals surface area contributed by atoms with Crippen molar-refractivity contribution in [2.75, 3.05) is 0 Å². The van der Waals surface area contributed by atoms with Crippen molar-refractivity contribution in [1.29, 1.82) is 0 Å². The van der Waals surface area contributed by atoms with Crippen molar-refractivity contribution in [2.24, 2.45) is 0 Å². The fourth-order valence-corrected chi connectivity index (χ4v) is 5.29. The van der Waals surface area contributed by atoms with Crippen LogP contribution in [0, 0.1) is 3.95 Å². The van der Waals surface area contributed by atoms with E-state index >= 15 is 0 Å². The van der Waals surface area contributed by atoms with Crippen LogP contribution >= 0.6 is 46.9 Å². The zero-order valence-electron chi connectivity index (χ0n) is 13.2. The number of nitrogens with zero attached hydrogens (tertiary/aromatic N) is 2. The molecule has 1 heterocycles. The van der Waals surface area contributed by atoms with E-state index in [9.17, 15) is 4.79 Å². The smallest absolute Gasteiger partial charge is 0.233 e. The molecular weight excluding hydrogens is 382 g/mol. The highest BCUT2D eigenvalue weighted by molar-refractivity contribution is 8.02. The summed E-state index contributed by atoms with van der Waals surface area (Å²) in [4.78, 5) is 12.3. The Bertz CT molecular complexity index is 766. The van der Waals surface area contributed by atoms with E-state index < -0.39 is 0 Å². The third-order valence-electron chi connectivity index (χ3n) is 3.95. The summed E-state index contributed by atoms with van der Waals surface area (Å²) in [5.41, 5.74) is 0.871. The average Bonchev–Trinajstić information content (AvgIpc) is 3.18. The highest BCUT2D eigenvalue weighted by atomic mass is 35.5. The number of thioether (sulfide) groups is 1. The number of nitrogens with one attached hydrogen (secondary N) is 1. The predicted molar refractivity (Wildman–Crippen MR) is 103 cm³/mol. The Balaban J connectivity index is 1.67. The molecule has 1 aliphatic rings. The van der Waals surface area contributed by atoms with Crippen molar-refractivity contribution in [3.05, 3.63) is 33.2 Å². The average molecular weight is 400 g/mol. The quantitative estimate of drug-likeness (QED) is 0.576. The van der Waals surface area contributed by atoms with Crippen LogP contribution in [-0.4, -0.2) is 27.0 Å². The van der Waals surface area contributed by atoms with Gasteiger partial charge in [-0.1, -0.05) is 47.5 Å². The van der Waals surface area contributed by atoms with E-state index in [2.05, 4.69) is 10.4 Å². The van der Waals surface area contributed by atoms with Gasteiger partial charge in [0.15, 0.2) is 8.29 Å². The number of carbonyl (C=O) groups is 1. The van der Waals surface area contributed by atoms with Gasteiger partial charge in [-0.25, -0.2) is 4.68 Å². The van der Waals surface area contributed by atoms with Crippen LogP contribution in [0.2, 0.25) is 5.02 Å². The van der Waals surface area contributed by atoms with Crippen molar-refractivity contribution < 1.29 is 4.79 Å². The van der Waals surface area contributed by atoms with Gasteiger partial charge >= 0.3 is 0 Å². The molecule has 0 radical (unpaired) electrons. The van der Waals surface area contributed by atoms with Crippen LogP contribution in [0.3, 0.4) is 0 Å². The van der Waals surface area contributed by atoms with Gasteiger partial charge < -0.3 is 5.32 Å². The van der Waals surface area contributed by atoms with Gasteiger partial charge in [-0.15, -0.1) is 5.10 Å². The molecule has 2 aromatic rings. The Labute approximate surface area is 159 Å². The molecule has 1 fully saturated rings. The van der Waals surface area contributed by atoms with Crippen molar-refractivity contribution >= 4 is 52.8 Å². The molecule has 0 spiro atoms. The maximum absolute atomic E-state index is 12.3. The van der Waals surface area contributed by atoms with Gasteiger partial charge in [0.25, 0.3) is 0 Å². The topological polar surface area (TPSA) is 46.9 Å². The van der Waals surface area contributed by atoms with E-state index in [1.807, 2.05) is 31.2 Å². The van der Waals surface area contributed by atoms with Gasteiger partial charge in [-0.05, 0) is 56.2 Å². The summed E-state index contributed by atoms with van der Waals surface area (Å²) in [6.45, 7) is 1.91. The lowest BCUT2D eigenvalue weighted by Gasteiger charge is -2.15. The molecule has 1 atom stereocenters. The van der Waals surface area contributed by atoms with Crippen molar-refractivity contribution in [1.82, 2.24) is 15.1 Å². The van der Waals surface area contributed by atoms with E-state index in [1.54, 1.807) is 4.68 Å². The number of hydrogen-bond acceptors (Lipinski definition) is 5. The SMILES string of the molecule is CC(Sc1nn(-c2ccc(Cl)cc2)c(=S)s1)C(=O)NC1CCCC1. The normalized spacial score (nSPS) is 16.2. The third-order valence-corrected chi connectivity index (χ3v) is 6.62. The molecule has 0 aliphatic heterocycles. The van der Waals surface area contributed by atoms with E-state index in [0.717, 1.165) is 22.9 Å². The lowest BCUT2D eigenvalue weighted by Crippen LogP contribution is -2.37. The van der Waals surface area contributed by atoms with Crippen LogP contribution in [0.4, 0.5) is 0 Å². The van der Waals surface area contributed by atoms with Crippen LogP contribution in [0.1, 0.15) is 32.6 Å². The summed E-state index contributed by atoms with van der Waals surface area (Å²) in [6.07, 6.45) is 4.60. The Morgan fingerprint density at radius 2 is 2.08 bits per heavy atom. The zero-order valence-corrected chi connectivity index (χ0v) is 16.4. The minimum absolute atomic E-state index is 0.0751. The molecule has 4 nitrogen and oxygen atoms in total. The molecule has 3 rings (SSSR count). The Hall–Kier alpha value is -0.890. The molecule has 8 heteroatoms. The van der Waals surface area contributed by atoms with Crippen LogP contribution in [0.5, 0.6) is 0 Å². The minimum Gasteiger partial charge on any atom is -0.352 e. The van der Waals surface area contributed by atoms with Crippen molar-refractivity contribution in [3.8, 4) is 5.69 Å². The molecule has 1 aliphatic carbocycles. The Morgan fingerprint density at radius 1 is 1.42 bits per heavy atom. The maximum atomic E-state index is 12.3. The van der Waals surface area contributed by atoms with Crippen LogP contribution < -0.4 is 5.32 Å². The number of rotatable bonds is 5. The van der Waals surface area contributed by atoms with Crippen molar-refractivity contribution in [2.45, 2.75) is 48.2 Å². The van der Waals surface area contributed by atoms with Crippen LogP contribution in [0.15, 0.2) is 28.6 Å². The van der Waals surface area contributed by atoms with E-state index in [4.69, 9.17) is 23.8 Å². The molecule has 0 saturated heterocycles. The standard InChI is InChI=1S/C16H18ClN3OS3/c1-10(14(21)18-12-4-2-3-5-12)23-15-19-20(16(22)24-15)13-8-6-11(17)7-9-13/h6-10,12H,2-5H2,1H3,(H,18,21). The summed E-state index contributed by atoms with van der Waals surface area (Å²) < 4.78 is 3.16. The van der Waals surface area contributed by atoms with Crippen LogP contribution in [-0.2, 0) is 4.79 Å². The van der Waals surface area contributed by atoms with Crippen molar-refractivity contribution in [3.63, 3.8) is 0 Å². The second kappa shape index (κ2) is 7.99. The molecule has 24 heavy (non-hydrogen) atoms. The molecule has 1 aromatic carbocycles. The number of amides is 1. The molecule has 1 saturated carbocycles. The minimum atomic E-state index is -0.190. The molecule has 1 aromatic heterocycles. The molecule has 1 unspecified atom stereocenters. The number of aromatic nitrogens is 2. The second-order valence-corrected chi connectivity index (χ2v) is 9.42. The number of hydrogen-bond donors (Lipinski definition) is 1. The first kappa shape index (κ1) is 17.9. The zero-order chi connectivity index (χ0) is 17.1. The number of carbonyl (C=O) groups excluding carboxylic acids is 1. The Kier molecular flexibility index (Phi) is 5.97.